The number of hydrogen-bond acceptors (Lipinski definition) is 5. The van der Waals surface area contributed by atoms with E-state index < -0.39 is 15.1 Å². The zero-order chi connectivity index (χ0) is 12.6. The SMILES string of the molecule is CCOC(OC)(OC)[SiH2]CCCOCC1CO1. The number of epoxide rings is 1. The monoisotopic (exact) mass is 264 g/mol. The Hall–Kier alpha value is 0.0169. The van der Waals surface area contributed by atoms with Gasteiger partial charge >= 0.3 is 0 Å². The second-order valence-electron chi connectivity index (χ2n) is 4.01. The summed E-state index contributed by atoms with van der Waals surface area (Å²) in [5.41, 5.74) is -0.756. The van der Waals surface area contributed by atoms with Crippen LogP contribution >= 0.6 is 0 Å². The van der Waals surface area contributed by atoms with Gasteiger partial charge in [-0.25, -0.2) is 0 Å². The third kappa shape index (κ3) is 5.94. The highest BCUT2D eigenvalue weighted by Crippen LogP contribution is 2.14. The second-order valence-corrected chi connectivity index (χ2v) is 6.08. The van der Waals surface area contributed by atoms with E-state index in [0.29, 0.717) is 12.7 Å². The molecule has 1 atom stereocenters. The lowest BCUT2D eigenvalue weighted by Crippen LogP contribution is -2.43. The van der Waals surface area contributed by atoms with Crippen molar-refractivity contribution in [3.8, 4) is 0 Å². The van der Waals surface area contributed by atoms with E-state index >= 15 is 0 Å². The van der Waals surface area contributed by atoms with Gasteiger partial charge in [-0.2, -0.15) is 0 Å². The first-order valence-corrected chi connectivity index (χ1v) is 7.90. The van der Waals surface area contributed by atoms with Crippen LogP contribution in [0.4, 0.5) is 0 Å². The molecule has 0 radical (unpaired) electrons. The zero-order valence-corrected chi connectivity index (χ0v) is 12.5. The topological polar surface area (TPSA) is 49.5 Å². The Morgan fingerprint density at radius 3 is 2.59 bits per heavy atom. The van der Waals surface area contributed by atoms with E-state index in [1.165, 1.54) is 0 Å². The standard InChI is InChI=1S/C11H24O5Si/c1-4-16-11(12-2,13-3)17-7-5-6-14-8-10-9-15-10/h10H,4-9,17H2,1-3H3. The first-order chi connectivity index (χ1) is 8.26. The molecule has 0 aromatic heterocycles. The van der Waals surface area contributed by atoms with E-state index in [-0.39, 0.29) is 0 Å². The summed E-state index contributed by atoms with van der Waals surface area (Å²) in [6.45, 7) is 4.91. The molecule has 0 aromatic rings. The third-order valence-electron chi connectivity index (χ3n) is 2.71. The highest BCUT2D eigenvalue weighted by atomic mass is 28.2. The Kier molecular flexibility index (Phi) is 7.25. The summed E-state index contributed by atoms with van der Waals surface area (Å²) in [4.78, 5) is 0. The summed E-state index contributed by atoms with van der Waals surface area (Å²) in [7, 11) is 2.66. The van der Waals surface area contributed by atoms with Crippen molar-refractivity contribution in [3.63, 3.8) is 0 Å². The van der Waals surface area contributed by atoms with Crippen LogP contribution in [0.1, 0.15) is 13.3 Å². The summed E-state index contributed by atoms with van der Waals surface area (Å²) < 4.78 is 26.8. The van der Waals surface area contributed by atoms with E-state index in [9.17, 15) is 0 Å². The van der Waals surface area contributed by atoms with Gasteiger partial charge in [0.25, 0.3) is 0 Å². The van der Waals surface area contributed by atoms with Crippen LogP contribution in [0.25, 0.3) is 0 Å². The Balaban J connectivity index is 2.04. The van der Waals surface area contributed by atoms with Crippen molar-refractivity contribution in [2.75, 3.05) is 40.6 Å². The van der Waals surface area contributed by atoms with Gasteiger partial charge in [0, 0.05) is 27.4 Å². The lowest BCUT2D eigenvalue weighted by Gasteiger charge is -2.30. The smallest absolute Gasteiger partial charge is 0.248 e. The Morgan fingerprint density at radius 1 is 1.35 bits per heavy atom. The van der Waals surface area contributed by atoms with Crippen molar-refractivity contribution in [2.24, 2.45) is 0 Å². The lowest BCUT2D eigenvalue weighted by molar-refractivity contribution is -0.304. The molecular formula is C11H24O5Si. The first kappa shape index (κ1) is 15.1. The Labute approximate surface area is 106 Å². The van der Waals surface area contributed by atoms with Crippen molar-refractivity contribution in [2.45, 2.75) is 31.1 Å². The van der Waals surface area contributed by atoms with Crippen LogP contribution in [-0.2, 0) is 23.7 Å². The lowest BCUT2D eigenvalue weighted by atomic mass is 10.5. The van der Waals surface area contributed by atoms with E-state index in [1.54, 1.807) is 14.2 Å². The second kappa shape index (κ2) is 8.18. The van der Waals surface area contributed by atoms with E-state index in [4.69, 9.17) is 23.7 Å². The van der Waals surface area contributed by atoms with Crippen LogP contribution in [-0.4, -0.2) is 61.9 Å². The summed E-state index contributed by atoms with van der Waals surface area (Å²) >= 11 is 0. The molecule has 0 aliphatic carbocycles. The van der Waals surface area contributed by atoms with Gasteiger partial charge in [0.1, 0.15) is 15.6 Å². The summed E-state index contributed by atoms with van der Waals surface area (Å²) in [6.07, 6.45) is 1.38. The molecule has 0 saturated carbocycles. The molecule has 0 N–H and O–H groups in total. The highest BCUT2D eigenvalue weighted by Gasteiger charge is 2.29. The molecule has 0 aromatic carbocycles. The minimum absolute atomic E-state index is 0.354. The molecule has 17 heavy (non-hydrogen) atoms. The van der Waals surface area contributed by atoms with Crippen molar-refractivity contribution < 1.29 is 23.7 Å². The van der Waals surface area contributed by atoms with Gasteiger partial charge in [0.05, 0.1) is 13.2 Å². The predicted octanol–water partition coefficient (Wildman–Crippen LogP) is 0.320. The van der Waals surface area contributed by atoms with Gasteiger partial charge < -0.3 is 23.7 Å². The van der Waals surface area contributed by atoms with Crippen LogP contribution in [0.2, 0.25) is 6.04 Å². The summed E-state index contributed by atoms with van der Waals surface area (Å²) in [5.74, 6) is 0. The van der Waals surface area contributed by atoms with Crippen molar-refractivity contribution in [3.05, 3.63) is 0 Å². The first-order valence-electron chi connectivity index (χ1n) is 6.20. The maximum absolute atomic E-state index is 5.54. The minimum atomic E-state index is -0.756. The van der Waals surface area contributed by atoms with Crippen molar-refractivity contribution in [1.29, 1.82) is 0 Å². The van der Waals surface area contributed by atoms with Crippen molar-refractivity contribution in [1.82, 2.24) is 0 Å². The summed E-state index contributed by atoms with van der Waals surface area (Å²) in [6, 6.07) is 1.08. The molecule has 1 unspecified atom stereocenters. The molecule has 0 amide bonds. The summed E-state index contributed by atoms with van der Waals surface area (Å²) in [5, 5.41) is 0. The van der Waals surface area contributed by atoms with Crippen LogP contribution in [0.15, 0.2) is 0 Å². The van der Waals surface area contributed by atoms with Gasteiger partial charge in [-0.05, 0) is 13.3 Å². The van der Waals surface area contributed by atoms with Gasteiger partial charge in [-0.15, -0.1) is 0 Å². The minimum Gasteiger partial charge on any atom is -0.379 e. The molecule has 1 aliphatic rings. The third-order valence-corrected chi connectivity index (χ3v) is 4.96. The molecule has 6 heteroatoms. The van der Waals surface area contributed by atoms with Gasteiger partial charge in [-0.3, -0.25) is 0 Å². The Morgan fingerprint density at radius 2 is 2.06 bits per heavy atom. The molecule has 5 nitrogen and oxygen atoms in total. The van der Waals surface area contributed by atoms with Crippen LogP contribution in [0.3, 0.4) is 0 Å². The van der Waals surface area contributed by atoms with Gasteiger partial charge in [0.15, 0.2) is 0 Å². The molecule has 1 saturated heterocycles. The number of rotatable bonds is 11. The molecular weight excluding hydrogens is 240 g/mol. The quantitative estimate of drug-likeness (QED) is 0.233. The van der Waals surface area contributed by atoms with Gasteiger partial charge in [0.2, 0.25) is 5.60 Å². The molecule has 1 aliphatic heterocycles. The van der Waals surface area contributed by atoms with Crippen LogP contribution in [0, 0.1) is 0 Å². The normalized spacial score (nSPS) is 20.3. The number of methoxy groups -OCH3 is 2. The fourth-order valence-corrected chi connectivity index (χ4v) is 3.27. The average molecular weight is 264 g/mol. The molecule has 1 rings (SSSR count). The fraction of sp³-hybridized carbons (Fsp3) is 1.00. The van der Waals surface area contributed by atoms with Crippen LogP contribution in [0.5, 0.6) is 0 Å². The van der Waals surface area contributed by atoms with E-state index in [0.717, 1.165) is 32.3 Å². The molecule has 1 heterocycles. The van der Waals surface area contributed by atoms with Crippen LogP contribution < -0.4 is 0 Å². The van der Waals surface area contributed by atoms with E-state index in [1.807, 2.05) is 6.92 Å². The predicted molar refractivity (Wildman–Crippen MR) is 66.9 cm³/mol. The maximum atomic E-state index is 5.54. The van der Waals surface area contributed by atoms with Gasteiger partial charge in [-0.1, -0.05) is 6.04 Å². The average Bonchev–Trinajstić information content (AvgIpc) is 3.16. The molecule has 102 valence electrons. The number of ether oxygens (including phenoxy) is 5. The van der Waals surface area contributed by atoms with E-state index in [2.05, 4.69) is 0 Å². The number of hydrogen-bond donors (Lipinski definition) is 0. The molecule has 0 spiro atoms. The largest absolute Gasteiger partial charge is 0.379 e. The molecule has 1 fully saturated rings. The Bertz CT molecular complexity index is 194. The fourth-order valence-electron chi connectivity index (χ4n) is 1.62. The zero-order valence-electron chi connectivity index (χ0n) is 11.1. The molecule has 0 bridgehead atoms. The highest BCUT2D eigenvalue weighted by molar-refractivity contribution is 6.38. The van der Waals surface area contributed by atoms with Crippen molar-refractivity contribution >= 4 is 9.52 Å². The maximum Gasteiger partial charge on any atom is 0.248 e.